The van der Waals surface area contributed by atoms with Gasteiger partial charge in [-0.15, -0.1) is 11.3 Å². The number of aromatic nitrogens is 3. The van der Waals surface area contributed by atoms with E-state index in [9.17, 15) is 4.39 Å². The molecule has 0 aromatic carbocycles. The molecule has 4 nitrogen and oxygen atoms in total. The average molecular weight is 332 g/mol. The molecule has 3 heterocycles. The highest BCUT2D eigenvalue weighted by Gasteiger charge is 1.97. The van der Waals surface area contributed by atoms with Gasteiger partial charge in [0, 0.05) is 19.4 Å². The second-order valence-corrected chi connectivity index (χ2v) is 5.26. The molecule has 6 heteroatoms. The van der Waals surface area contributed by atoms with Crippen LogP contribution in [-0.2, 0) is 0 Å². The normalized spacial score (nSPS) is 9.74. The lowest BCUT2D eigenvalue weighted by Gasteiger charge is -1.89. The molecule has 0 aliphatic carbocycles. The number of fused-ring (bicyclic) bond motifs is 1. The summed E-state index contributed by atoms with van der Waals surface area (Å²) in [6.07, 6.45) is 8.66. The summed E-state index contributed by atoms with van der Waals surface area (Å²) in [6.45, 7) is 4.25. The van der Waals surface area contributed by atoms with Crippen LogP contribution in [0, 0.1) is 5.95 Å². The monoisotopic (exact) mass is 332 g/mol. The number of hydrogen-bond donors (Lipinski definition) is 1. The number of pyridine rings is 2. The maximum atomic E-state index is 12.4. The van der Waals surface area contributed by atoms with Crippen molar-refractivity contribution in [3.63, 3.8) is 0 Å². The zero-order valence-corrected chi connectivity index (χ0v) is 14.3. The van der Waals surface area contributed by atoms with Crippen LogP contribution in [0.5, 0.6) is 0 Å². The van der Waals surface area contributed by atoms with Gasteiger partial charge in [0.05, 0.1) is 5.51 Å². The van der Waals surface area contributed by atoms with E-state index in [2.05, 4.69) is 34.1 Å². The standard InChI is InChI=1S/C8H10N2.C6H3FN2S.C3H8/c1-9-6-4-8-3-2-5-10-7-8;7-5-2-1-4-6(9-5)10-3-8-4;1-3-2/h2-7,9H,1H3;1-3H;3H2,1-2H3/b6-4-;;. The number of nitrogens with one attached hydrogen (secondary N) is 1. The van der Waals surface area contributed by atoms with Gasteiger partial charge in [-0.05, 0) is 36.0 Å². The third-order valence-electron chi connectivity index (χ3n) is 2.29. The molecular weight excluding hydrogens is 311 g/mol. The molecule has 0 saturated carbocycles. The third kappa shape index (κ3) is 7.46. The van der Waals surface area contributed by atoms with Gasteiger partial charge in [-0.3, -0.25) is 4.98 Å². The Morgan fingerprint density at radius 2 is 2.04 bits per heavy atom. The molecule has 1 N–H and O–H groups in total. The summed E-state index contributed by atoms with van der Waals surface area (Å²) < 4.78 is 12.4. The molecule has 122 valence electrons. The summed E-state index contributed by atoms with van der Waals surface area (Å²) in [7, 11) is 1.87. The van der Waals surface area contributed by atoms with Crippen LogP contribution < -0.4 is 5.32 Å². The van der Waals surface area contributed by atoms with Crippen molar-refractivity contribution in [1.29, 1.82) is 0 Å². The maximum Gasteiger partial charge on any atom is 0.214 e. The lowest BCUT2D eigenvalue weighted by Crippen LogP contribution is -1.90. The quantitative estimate of drug-likeness (QED) is 0.701. The van der Waals surface area contributed by atoms with E-state index < -0.39 is 5.95 Å². The first-order valence-corrected chi connectivity index (χ1v) is 8.18. The molecule has 0 aliphatic heterocycles. The van der Waals surface area contributed by atoms with Gasteiger partial charge >= 0.3 is 0 Å². The molecule has 0 unspecified atom stereocenters. The van der Waals surface area contributed by atoms with Crippen LogP contribution in [0.15, 0.2) is 48.4 Å². The molecule has 0 saturated heterocycles. The van der Waals surface area contributed by atoms with Crippen LogP contribution in [0.2, 0.25) is 0 Å². The topological polar surface area (TPSA) is 50.7 Å². The molecule has 0 bridgehead atoms. The highest BCUT2D eigenvalue weighted by molar-refractivity contribution is 7.16. The Bertz CT molecular complexity index is 698. The van der Waals surface area contributed by atoms with E-state index in [4.69, 9.17) is 0 Å². The van der Waals surface area contributed by atoms with Crippen LogP contribution in [0.25, 0.3) is 16.4 Å². The summed E-state index contributed by atoms with van der Waals surface area (Å²) in [5.74, 6) is -0.447. The molecule has 0 atom stereocenters. The van der Waals surface area contributed by atoms with Crippen LogP contribution in [0.1, 0.15) is 25.8 Å². The third-order valence-corrected chi connectivity index (χ3v) is 3.02. The van der Waals surface area contributed by atoms with Crippen molar-refractivity contribution in [3.8, 4) is 0 Å². The van der Waals surface area contributed by atoms with Crippen LogP contribution >= 0.6 is 11.3 Å². The molecule has 0 fully saturated rings. The van der Waals surface area contributed by atoms with E-state index >= 15 is 0 Å². The Morgan fingerprint density at radius 1 is 1.26 bits per heavy atom. The summed E-state index contributed by atoms with van der Waals surface area (Å²) in [5.41, 5.74) is 3.51. The molecule has 23 heavy (non-hydrogen) atoms. The van der Waals surface area contributed by atoms with Gasteiger partial charge in [-0.25, -0.2) is 9.97 Å². The fourth-order valence-corrected chi connectivity index (χ4v) is 2.03. The molecule has 3 rings (SSSR count). The summed E-state index contributed by atoms with van der Waals surface area (Å²) in [5, 5.41) is 2.91. The van der Waals surface area contributed by atoms with Crippen molar-refractivity contribution >= 4 is 27.8 Å². The SMILES string of the molecule is CCC.CN/C=C\c1cccnc1.Fc1ccc2ncsc2n1. The zero-order valence-electron chi connectivity index (χ0n) is 13.5. The Hall–Kier alpha value is -2.34. The van der Waals surface area contributed by atoms with Crippen molar-refractivity contribution in [2.75, 3.05) is 7.05 Å². The second-order valence-electron chi connectivity index (χ2n) is 4.43. The van der Waals surface area contributed by atoms with Crippen molar-refractivity contribution in [2.45, 2.75) is 20.3 Å². The van der Waals surface area contributed by atoms with Crippen molar-refractivity contribution in [2.24, 2.45) is 0 Å². The van der Waals surface area contributed by atoms with Gasteiger partial charge in [-0.2, -0.15) is 4.39 Å². The van der Waals surface area contributed by atoms with Crippen LogP contribution in [-0.4, -0.2) is 22.0 Å². The maximum absolute atomic E-state index is 12.4. The zero-order chi connectivity index (χ0) is 16.9. The van der Waals surface area contributed by atoms with Crippen molar-refractivity contribution in [1.82, 2.24) is 20.3 Å². The minimum atomic E-state index is -0.447. The van der Waals surface area contributed by atoms with Crippen molar-refractivity contribution < 1.29 is 4.39 Å². The molecule has 0 radical (unpaired) electrons. The molecule has 0 amide bonds. The minimum absolute atomic E-state index is 0.447. The van der Waals surface area contributed by atoms with Crippen molar-refractivity contribution in [3.05, 3.63) is 59.9 Å². The van der Waals surface area contributed by atoms with E-state index in [0.717, 1.165) is 11.1 Å². The molecule has 0 aliphatic rings. The highest BCUT2D eigenvalue weighted by atomic mass is 32.1. The smallest absolute Gasteiger partial charge is 0.214 e. The number of nitrogens with zero attached hydrogens (tertiary/aromatic N) is 3. The van der Waals surface area contributed by atoms with E-state index in [1.165, 1.54) is 23.8 Å². The van der Waals surface area contributed by atoms with Gasteiger partial charge in [0.15, 0.2) is 0 Å². The molecule has 0 spiro atoms. The number of thiazole rings is 1. The van der Waals surface area contributed by atoms with Crippen LogP contribution in [0.3, 0.4) is 0 Å². The first-order valence-electron chi connectivity index (χ1n) is 7.30. The Balaban J connectivity index is 0.000000197. The van der Waals surface area contributed by atoms with Gasteiger partial charge in [0.25, 0.3) is 0 Å². The lowest BCUT2D eigenvalue weighted by molar-refractivity contribution is 0.589. The summed E-state index contributed by atoms with van der Waals surface area (Å²) in [6, 6.07) is 6.84. The Kier molecular flexibility index (Phi) is 9.16. The second kappa shape index (κ2) is 11.3. The predicted molar refractivity (Wildman–Crippen MR) is 95.7 cm³/mol. The number of hydrogen-bond acceptors (Lipinski definition) is 5. The molecular formula is C17H21FN4S. The summed E-state index contributed by atoms with van der Waals surface area (Å²) >= 11 is 1.34. The fraction of sp³-hybridized carbons (Fsp3) is 0.235. The first kappa shape index (κ1) is 18.7. The summed E-state index contributed by atoms with van der Waals surface area (Å²) in [4.78, 5) is 12.2. The van der Waals surface area contributed by atoms with E-state index in [1.54, 1.807) is 17.8 Å². The van der Waals surface area contributed by atoms with E-state index in [1.807, 2.05) is 37.7 Å². The Labute approximate surface area is 140 Å². The molecule has 3 aromatic heterocycles. The van der Waals surface area contributed by atoms with E-state index in [0.29, 0.717) is 4.83 Å². The number of halogens is 1. The number of rotatable bonds is 2. The van der Waals surface area contributed by atoms with Crippen LogP contribution in [0.4, 0.5) is 4.39 Å². The fourth-order valence-electron chi connectivity index (χ4n) is 1.38. The lowest BCUT2D eigenvalue weighted by atomic mass is 10.3. The van der Waals surface area contributed by atoms with Gasteiger partial charge < -0.3 is 5.32 Å². The molecule has 3 aromatic rings. The van der Waals surface area contributed by atoms with Gasteiger partial charge in [0.1, 0.15) is 10.3 Å². The largest absolute Gasteiger partial charge is 0.394 e. The first-order chi connectivity index (χ1) is 11.2. The Morgan fingerprint density at radius 3 is 2.70 bits per heavy atom. The minimum Gasteiger partial charge on any atom is -0.394 e. The highest BCUT2D eigenvalue weighted by Crippen LogP contribution is 2.14. The van der Waals surface area contributed by atoms with Gasteiger partial charge in [0.2, 0.25) is 5.95 Å². The predicted octanol–water partition coefficient (Wildman–Crippen LogP) is 4.52. The van der Waals surface area contributed by atoms with E-state index in [-0.39, 0.29) is 0 Å². The van der Waals surface area contributed by atoms with Gasteiger partial charge in [-0.1, -0.05) is 26.3 Å². The average Bonchev–Trinajstić information content (AvgIpc) is 3.03.